The van der Waals surface area contributed by atoms with Gasteiger partial charge >= 0.3 is 5.97 Å². The molecule has 0 bridgehead atoms. The second-order valence-corrected chi connectivity index (χ2v) is 8.77. The van der Waals surface area contributed by atoms with Gasteiger partial charge in [0.05, 0.1) is 0 Å². The number of fused-ring (bicyclic) bond motifs is 5. The molecule has 1 N–H and O–H groups in total. The molecular formula is C22H30O3. The normalized spacial score (nSPS) is 39.2. The summed E-state index contributed by atoms with van der Waals surface area (Å²) in [6.45, 7) is 6.22. The first-order valence-electron chi connectivity index (χ1n) is 9.93. The number of esters is 1. The molecule has 0 aromatic heterocycles. The molecule has 3 aliphatic carbocycles. The summed E-state index contributed by atoms with van der Waals surface area (Å²) in [6.07, 6.45) is 6.85. The van der Waals surface area contributed by atoms with Crippen LogP contribution in [0, 0.1) is 23.2 Å². The zero-order valence-corrected chi connectivity index (χ0v) is 15.6. The minimum atomic E-state index is -0.134. The van der Waals surface area contributed by atoms with Gasteiger partial charge in [-0.2, -0.15) is 0 Å². The highest BCUT2D eigenvalue weighted by molar-refractivity contribution is 5.66. The average molecular weight is 342 g/mol. The number of carbonyl (C=O) groups is 1. The largest absolute Gasteiger partial charge is 0.508 e. The highest BCUT2D eigenvalue weighted by Crippen LogP contribution is 2.63. The molecule has 0 heterocycles. The highest BCUT2D eigenvalue weighted by Gasteiger charge is 2.57. The van der Waals surface area contributed by atoms with E-state index < -0.39 is 0 Å². The molecule has 0 aliphatic heterocycles. The van der Waals surface area contributed by atoms with E-state index in [1.54, 1.807) is 6.92 Å². The Balaban J connectivity index is 1.70. The molecule has 3 aliphatic rings. The summed E-state index contributed by atoms with van der Waals surface area (Å²) < 4.78 is 5.75. The number of phenolic OH excluding ortho intramolecular Hbond substituents is 1. The third kappa shape index (κ3) is 2.58. The number of ether oxygens (including phenoxy) is 1. The lowest BCUT2D eigenvalue weighted by atomic mass is 9.52. The number of carbonyl (C=O) groups excluding carboxylic acids is 1. The Labute approximate surface area is 150 Å². The van der Waals surface area contributed by atoms with Gasteiger partial charge in [0.15, 0.2) is 0 Å². The van der Waals surface area contributed by atoms with Crippen LogP contribution in [0.15, 0.2) is 18.2 Å². The van der Waals surface area contributed by atoms with Gasteiger partial charge in [0.25, 0.3) is 0 Å². The fraction of sp³-hybridized carbons (Fsp3) is 0.682. The predicted molar refractivity (Wildman–Crippen MR) is 97.4 cm³/mol. The van der Waals surface area contributed by atoms with E-state index in [-0.39, 0.29) is 17.5 Å². The third-order valence-corrected chi connectivity index (χ3v) is 7.63. The molecule has 1 aromatic rings. The first kappa shape index (κ1) is 16.9. The molecule has 4 rings (SSSR count). The Hall–Kier alpha value is -1.51. The highest BCUT2D eigenvalue weighted by atomic mass is 16.5. The van der Waals surface area contributed by atoms with Gasteiger partial charge in [-0.25, -0.2) is 0 Å². The van der Waals surface area contributed by atoms with Crippen molar-refractivity contribution >= 4 is 5.97 Å². The Kier molecular flexibility index (Phi) is 4.09. The van der Waals surface area contributed by atoms with E-state index in [2.05, 4.69) is 19.9 Å². The maximum absolute atomic E-state index is 11.6. The van der Waals surface area contributed by atoms with Crippen molar-refractivity contribution in [3.05, 3.63) is 29.3 Å². The van der Waals surface area contributed by atoms with Crippen LogP contribution in [0.4, 0.5) is 0 Å². The minimum Gasteiger partial charge on any atom is -0.508 e. The summed E-state index contributed by atoms with van der Waals surface area (Å²) in [4.78, 5) is 11.6. The van der Waals surface area contributed by atoms with Crippen LogP contribution in [0.3, 0.4) is 0 Å². The number of rotatable bonds is 2. The van der Waals surface area contributed by atoms with E-state index in [0.29, 0.717) is 29.4 Å². The Morgan fingerprint density at radius 3 is 2.84 bits per heavy atom. The van der Waals surface area contributed by atoms with Crippen LogP contribution in [-0.4, -0.2) is 17.2 Å². The molecule has 0 amide bonds. The van der Waals surface area contributed by atoms with E-state index >= 15 is 0 Å². The fourth-order valence-corrected chi connectivity index (χ4v) is 6.53. The van der Waals surface area contributed by atoms with Gasteiger partial charge < -0.3 is 9.84 Å². The van der Waals surface area contributed by atoms with Crippen LogP contribution in [0.5, 0.6) is 5.75 Å². The molecule has 3 nitrogen and oxygen atoms in total. The predicted octanol–water partition coefficient (Wildman–Crippen LogP) is 4.82. The van der Waals surface area contributed by atoms with Crippen LogP contribution in [0.25, 0.3) is 0 Å². The fourth-order valence-electron chi connectivity index (χ4n) is 6.53. The van der Waals surface area contributed by atoms with Crippen LogP contribution in [-0.2, 0) is 16.0 Å². The van der Waals surface area contributed by atoms with E-state index in [9.17, 15) is 9.90 Å². The van der Waals surface area contributed by atoms with Gasteiger partial charge in [0.2, 0.25) is 0 Å². The van der Waals surface area contributed by atoms with E-state index in [4.69, 9.17) is 4.74 Å². The second kappa shape index (κ2) is 6.03. The van der Waals surface area contributed by atoms with Crippen molar-refractivity contribution in [3.8, 4) is 5.75 Å². The number of benzene rings is 1. The second-order valence-electron chi connectivity index (χ2n) is 8.77. The van der Waals surface area contributed by atoms with Gasteiger partial charge in [0, 0.05) is 12.3 Å². The lowest BCUT2D eigenvalue weighted by Crippen LogP contribution is -2.47. The van der Waals surface area contributed by atoms with Crippen molar-refractivity contribution in [2.75, 3.05) is 0 Å². The molecule has 0 saturated heterocycles. The molecular weight excluding hydrogens is 312 g/mol. The van der Waals surface area contributed by atoms with Crippen molar-refractivity contribution in [1.29, 1.82) is 0 Å². The van der Waals surface area contributed by atoms with Crippen LogP contribution in [0.2, 0.25) is 0 Å². The minimum absolute atomic E-state index is 0.0923. The molecule has 0 radical (unpaired) electrons. The lowest BCUT2D eigenvalue weighted by Gasteiger charge is -2.53. The van der Waals surface area contributed by atoms with E-state index in [0.717, 1.165) is 19.3 Å². The van der Waals surface area contributed by atoms with Crippen molar-refractivity contribution in [2.45, 2.75) is 71.3 Å². The quantitative estimate of drug-likeness (QED) is 0.784. The van der Waals surface area contributed by atoms with Crippen molar-refractivity contribution in [2.24, 2.45) is 23.2 Å². The van der Waals surface area contributed by atoms with Gasteiger partial charge in [-0.15, -0.1) is 0 Å². The molecule has 6 atom stereocenters. The lowest BCUT2D eigenvalue weighted by molar-refractivity contribution is -0.155. The molecule has 136 valence electrons. The zero-order chi connectivity index (χ0) is 17.8. The number of aromatic hydroxyl groups is 1. The number of phenols is 1. The topological polar surface area (TPSA) is 46.5 Å². The maximum atomic E-state index is 11.6. The summed E-state index contributed by atoms with van der Waals surface area (Å²) in [6, 6.07) is 6.00. The standard InChI is InChI=1S/C22H30O3/c1-4-14-11-15-12-16(24)5-6-17(15)18-9-10-22(3)19(21(14)18)7-8-20(22)25-13(2)23/h5-6,12,14,18-21,24H,4,7-11H2,1-3H3/t14-,18?,19?,20+,21?,22+/m1/s1. The van der Waals surface area contributed by atoms with Crippen LogP contribution >= 0.6 is 0 Å². The molecule has 1 aromatic carbocycles. The van der Waals surface area contributed by atoms with Crippen LogP contribution in [0.1, 0.15) is 69.9 Å². The van der Waals surface area contributed by atoms with Gasteiger partial charge in [0.1, 0.15) is 11.9 Å². The SMILES string of the molecule is CC[C@@H]1Cc2cc(O)ccc2C2CC[C@@]3(C)C(CC[C@@H]3OC(C)=O)C21. The summed E-state index contributed by atoms with van der Waals surface area (Å²) >= 11 is 0. The molecule has 25 heavy (non-hydrogen) atoms. The first-order valence-corrected chi connectivity index (χ1v) is 9.93. The van der Waals surface area contributed by atoms with Gasteiger partial charge in [-0.3, -0.25) is 4.79 Å². The van der Waals surface area contributed by atoms with Crippen molar-refractivity contribution in [1.82, 2.24) is 0 Å². The number of hydrogen-bond donors (Lipinski definition) is 1. The molecule has 0 spiro atoms. The summed E-state index contributed by atoms with van der Waals surface area (Å²) in [5.74, 6) is 2.85. The van der Waals surface area contributed by atoms with Crippen molar-refractivity contribution in [3.63, 3.8) is 0 Å². The van der Waals surface area contributed by atoms with Gasteiger partial charge in [-0.1, -0.05) is 26.3 Å². The van der Waals surface area contributed by atoms with Crippen LogP contribution < -0.4 is 0 Å². The van der Waals surface area contributed by atoms with E-state index in [1.165, 1.54) is 30.4 Å². The summed E-state index contributed by atoms with van der Waals surface area (Å²) in [5, 5.41) is 9.90. The number of hydrogen-bond acceptors (Lipinski definition) is 3. The average Bonchev–Trinajstić information content (AvgIpc) is 2.89. The monoisotopic (exact) mass is 342 g/mol. The summed E-state index contributed by atoms with van der Waals surface area (Å²) in [7, 11) is 0. The molecule has 3 unspecified atom stereocenters. The van der Waals surface area contributed by atoms with E-state index in [1.807, 2.05) is 12.1 Å². The van der Waals surface area contributed by atoms with Gasteiger partial charge in [-0.05, 0) is 79.0 Å². The molecule has 2 fully saturated rings. The Bertz CT molecular complexity index is 682. The first-order chi connectivity index (χ1) is 11.9. The zero-order valence-electron chi connectivity index (χ0n) is 15.6. The van der Waals surface area contributed by atoms with Crippen molar-refractivity contribution < 1.29 is 14.6 Å². The molecule has 3 heteroatoms. The Morgan fingerprint density at radius 2 is 2.12 bits per heavy atom. The maximum Gasteiger partial charge on any atom is 0.302 e. The summed E-state index contributed by atoms with van der Waals surface area (Å²) in [5.41, 5.74) is 2.95. The Morgan fingerprint density at radius 1 is 1.32 bits per heavy atom. The smallest absolute Gasteiger partial charge is 0.302 e. The molecule has 2 saturated carbocycles. The third-order valence-electron chi connectivity index (χ3n) is 7.63.